The molecule has 0 fully saturated rings. The lowest BCUT2D eigenvalue weighted by atomic mass is 10.1. The number of nitrogens with zero attached hydrogens (tertiary/aromatic N) is 1. The summed E-state index contributed by atoms with van der Waals surface area (Å²) in [4.78, 5) is 26.2. The van der Waals surface area contributed by atoms with E-state index in [0.29, 0.717) is 41.0 Å². The van der Waals surface area contributed by atoms with Gasteiger partial charge in [-0.1, -0.05) is 17.7 Å². The highest BCUT2D eigenvalue weighted by molar-refractivity contribution is 6.31. The Morgan fingerprint density at radius 3 is 2.54 bits per heavy atom. The molecule has 7 heteroatoms. The molecule has 2 aromatic carbocycles. The summed E-state index contributed by atoms with van der Waals surface area (Å²) in [5, 5.41) is 3.21. The Bertz CT molecular complexity index is 851. The highest BCUT2D eigenvalue weighted by Gasteiger charge is 2.17. The molecule has 0 bridgehead atoms. The number of ether oxygens (including phenoxy) is 2. The quantitative estimate of drug-likeness (QED) is 0.893. The number of amides is 2. The lowest BCUT2D eigenvalue weighted by Gasteiger charge is -2.19. The Hall–Kier alpha value is -2.73. The van der Waals surface area contributed by atoms with Crippen LogP contribution in [0.15, 0.2) is 36.4 Å². The molecule has 1 heterocycles. The van der Waals surface area contributed by atoms with Crippen molar-refractivity contribution in [2.75, 3.05) is 32.6 Å². The van der Waals surface area contributed by atoms with Gasteiger partial charge in [-0.2, -0.15) is 0 Å². The van der Waals surface area contributed by atoms with E-state index in [2.05, 4.69) is 5.32 Å². The molecule has 0 aromatic heterocycles. The van der Waals surface area contributed by atoms with E-state index in [-0.39, 0.29) is 18.2 Å². The number of hydrogen-bond donors (Lipinski definition) is 1. The molecule has 3 rings (SSSR count). The predicted molar refractivity (Wildman–Crippen MR) is 99.2 cm³/mol. The second-order valence-corrected chi connectivity index (χ2v) is 6.53. The second kappa shape index (κ2) is 7.66. The van der Waals surface area contributed by atoms with Gasteiger partial charge in [0.25, 0.3) is 5.91 Å². The van der Waals surface area contributed by atoms with Gasteiger partial charge in [0.1, 0.15) is 13.2 Å². The van der Waals surface area contributed by atoms with Crippen LogP contribution in [0.2, 0.25) is 5.02 Å². The van der Waals surface area contributed by atoms with Crippen LogP contribution in [0.4, 0.5) is 5.69 Å². The molecular formula is C19H19ClN2O4. The number of carbonyl (C=O) groups is 2. The van der Waals surface area contributed by atoms with Gasteiger partial charge < -0.3 is 19.7 Å². The van der Waals surface area contributed by atoms with E-state index < -0.39 is 0 Å². The first-order valence-electron chi connectivity index (χ1n) is 8.13. The molecule has 1 aliphatic rings. The molecule has 0 radical (unpaired) electrons. The average Bonchev–Trinajstić information content (AvgIpc) is 2.61. The van der Waals surface area contributed by atoms with E-state index in [1.54, 1.807) is 44.4 Å². The molecule has 0 spiro atoms. The van der Waals surface area contributed by atoms with E-state index >= 15 is 0 Å². The van der Waals surface area contributed by atoms with Crippen molar-refractivity contribution < 1.29 is 19.1 Å². The van der Waals surface area contributed by atoms with E-state index in [4.69, 9.17) is 21.1 Å². The molecule has 0 aliphatic carbocycles. The van der Waals surface area contributed by atoms with Crippen LogP contribution >= 0.6 is 11.6 Å². The van der Waals surface area contributed by atoms with Gasteiger partial charge in [0.2, 0.25) is 5.91 Å². The Morgan fingerprint density at radius 1 is 1.08 bits per heavy atom. The molecule has 0 unspecified atom stereocenters. The number of anilines is 1. The summed E-state index contributed by atoms with van der Waals surface area (Å²) in [6, 6.07) is 10.2. The first-order chi connectivity index (χ1) is 12.4. The van der Waals surface area contributed by atoms with E-state index in [0.717, 1.165) is 5.56 Å². The van der Waals surface area contributed by atoms with Gasteiger partial charge in [0.05, 0.1) is 17.7 Å². The third-order valence-electron chi connectivity index (χ3n) is 3.86. The molecule has 136 valence electrons. The van der Waals surface area contributed by atoms with Crippen molar-refractivity contribution in [2.45, 2.75) is 6.42 Å². The number of fused-ring (bicyclic) bond motifs is 1. The summed E-state index contributed by atoms with van der Waals surface area (Å²) in [5.41, 5.74) is 1.56. The number of benzene rings is 2. The number of rotatable bonds is 4. The molecule has 1 N–H and O–H groups in total. The van der Waals surface area contributed by atoms with Gasteiger partial charge in [-0.25, -0.2) is 0 Å². The Labute approximate surface area is 156 Å². The van der Waals surface area contributed by atoms with Crippen molar-refractivity contribution in [3.63, 3.8) is 0 Å². The first kappa shape index (κ1) is 18.1. The van der Waals surface area contributed by atoms with Crippen LogP contribution in [0.25, 0.3) is 0 Å². The molecule has 1 aliphatic heterocycles. The van der Waals surface area contributed by atoms with Gasteiger partial charge in [-0.3, -0.25) is 9.59 Å². The highest BCUT2D eigenvalue weighted by Crippen LogP contribution is 2.31. The molecule has 2 aromatic rings. The van der Waals surface area contributed by atoms with E-state index in [9.17, 15) is 9.59 Å². The van der Waals surface area contributed by atoms with Gasteiger partial charge in [0, 0.05) is 19.1 Å². The summed E-state index contributed by atoms with van der Waals surface area (Å²) in [6.45, 7) is 1.01. The molecule has 0 saturated carbocycles. The third kappa shape index (κ3) is 4.08. The van der Waals surface area contributed by atoms with Gasteiger partial charge in [-0.05, 0) is 35.9 Å². The lowest BCUT2D eigenvalue weighted by molar-refractivity contribution is -0.115. The predicted octanol–water partition coefficient (Wildman–Crippen LogP) is 2.99. The van der Waals surface area contributed by atoms with Crippen LogP contribution in [-0.2, 0) is 11.2 Å². The van der Waals surface area contributed by atoms with Crippen molar-refractivity contribution >= 4 is 29.1 Å². The molecule has 2 amide bonds. The molecular weight excluding hydrogens is 356 g/mol. The van der Waals surface area contributed by atoms with Crippen LogP contribution in [0.3, 0.4) is 0 Å². The normalized spacial score (nSPS) is 12.4. The van der Waals surface area contributed by atoms with Crippen LogP contribution in [0.5, 0.6) is 11.5 Å². The molecule has 0 saturated heterocycles. The monoisotopic (exact) mass is 374 g/mol. The van der Waals surface area contributed by atoms with Crippen molar-refractivity contribution in [1.82, 2.24) is 4.90 Å². The zero-order valence-corrected chi connectivity index (χ0v) is 15.3. The third-order valence-corrected chi connectivity index (χ3v) is 4.10. The maximum absolute atomic E-state index is 12.5. The van der Waals surface area contributed by atoms with Crippen molar-refractivity contribution in [3.8, 4) is 11.5 Å². The summed E-state index contributed by atoms with van der Waals surface area (Å²) >= 11 is 6.02. The number of carbonyl (C=O) groups excluding carboxylic acids is 2. The van der Waals surface area contributed by atoms with E-state index in [1.165, 1.54) is 4.90 Å². The highest BCUT2D eigenvalue weighted by atomic mass is 35.5. The SMILES string of the molecule is CN(C)C(=O)c1ccc(Cl)cc1NC(=O)Cc1ccc2c(c1)OCCO2. The molecule has 26 heavy (non-hydrogen) atoms. The summed E-state index contributed by atoms with van der Waals surface area (Å²) < 4.78 is 11.0. The Kier molecular flexibility index (Phi) is 5.32. The maximum atomic E-state index is 12.5. The van der Waals surface area contributed by atoms with Gasteiger partial charge in [-0.15, -0.1) is 0 Å². The van der Waals surface area contributed by atoms with Crippen LogP contribution in [0.1, 0.15) is 15.9 Å². The first-order valence-corrected chi connectivity index (χ1v) is 8.51. The largest absolute Gasteiger partial charge is 0.486 e. The minimum Gasteiger partial charge on any atom is -0.486 e. The summed E-state index contributed by atoms with van der Waals surface area (Å²) in [5.74, 6) is 0.843. The summed E-state index contributed by atoms with van der Waals surface area (Å²) in [7, 11) is 3.30. The fraction of sp³-hybridized carbons (Fsp3) is 0.263. The van der Waals surface area contributed by atoms with Crippen LogP contribution < -0.4 is 14.8 Å². The van der Waals surface area contributed by atoms with Crippen molar-refractivity contribution in [3.05, 3.63) is 52.5 Å². The second-order valence-electron chi connectivity index (χ2n) is 6.09. The standard InChI is InChI=1S/C19H19ClN2O4/c1-22(2)19(24)14-5-4-13(20)11-15(14)21-18(23)10-12-3-6-16-17(9-12)26-8-7-25-16/h3-6,9,11H,7-8,10H2,1-2H3,(H,21,23). The van der Waals surface area contributed by atoms with Crippen LogP contribution in [0, 0.1) is 0 Å². The Balaban J connectivity index is 1.76. The fourth-order valence-electron chi connectivity index (χ4n) is 2.62. The van der Waals surface area contributed by atoms with E-state index in [1.807, 2.05) is 6.07 Å². The topological polar surface area (TPSA) is 67.9 Å². The molecule has 6 nitrogen and oxygen atoms in total. The minimum absolute atomic E-state index is 0.138. The zero-order valence-electron chi connectivity index (χ0n) is 14.5. The van der Waals surface area contributed by atoms with Crippen LogP contribution in [-0.4, -0.2) is 44.0 Å². The lowest BCUT2D eigenvalue weighted by Crippen LogP contribution is -2.24. The Morgan fingerprint density at radius 2 is 1.81 bits per heavy atom. The molecule has 0 atom stereocenters. The van der Waals surface area contributed by atoms with Gasteiger partial charge >= 0.3 is 0 Å². The van der Waals surface area contributed by atoms with Crippen molar-refractivity contribution in [1.29, 1.82) is 0 Å². The van der Waals surface area contributed by atoms with Crippen molar-refractivity contribution in [2.24, 2.45) is 0 Å². The fourth-order valence-corrected chi connectivity index (χ4v) is 2.80. The minimum atomic E-state index is -0.253. The zero-order chi connectivity index (χ0) is 18.7. The summed E-state index contributed by atoms with van der Waals surface area (Å²) in [6.07, 6.45) is 0.138. The number of nitrogens with one attached hydrogen (secondary N) is 1. The number of hydrogen-bond acceptors (Lipinski definition) is 4. The number of halogens is 1. The average molecular weight is 375 g/mol. The smallest absolute Gasteiger partial charge is 0.255 e. The van der Waals surface area contributed by atoms with Gasteiger partial charge in [0.15, 0.2) is 11.5 Å². The maximum Gasteiger partial charge on any atom is 0.255 e.